The number of H-pyrrole nitrogens is 1. The Morgan fingerprint density at radius 2 is 1.57 bits per heavy atom. The highest BCUT2D eigenvalue weighted by Gasteiger charge is 2.44. The number of imide groups is 1. The van der Waals surface area contributed by atoms with Crippen LogP contribution in [0.4, 0.5) is 5.69 Å². The summed E-state index contributed by atoms with van der Waals surface area (Å²) in [7, 11) is 0. The molecule has 1 aliphatic heterocycles. The van der Waals surface area contributed by atoms with Gasteiger partial charge in [0.05, 0.1) is 21.8 Å². The smallest absolute Gasteiger partial charge is 0.355 e. The molecule has 2 heterocycles. The Kier molecular flexibility index (Phi) is 4.75. The third-order valence-corrected chi connectivity index (χ3v) is 5.15. The monoisotopic (exact) mass is 392 g/mol. The molecule has 4 rings (SSSR count). The van der Waals surface area contributed by atoms with Crippen molar-refractivity contribution < 1.29 is 19.1 Å². The van der Waals surface area contributed by atoms with Crippen LogP contribution in [0.15, 0.2) is 65.7 Å². The van der Waals surface area contributed by atoms with Crippen LogP contribution in [0.5, 0.6) is 0 Å². The molecule has 0 unspecified atom stereocenters. The zero-order chi connectivity index (χ0) is 19.7. The summed E-state index contributed by atoms with van der Waals surface area (Å²) in [6, 6.07) is 17.9. The van der Waals surface area contributed by atoms with Crippen LogP contribution in [-0.4, -0.2) is 29.0 Å². The second-order valence-electron chi connectivity index (χ2n) is 6.13. The van der Waals surface area contributed by atoms with Crippen LogP contribution in [0.2, 0.25) is 0 Å². The van der Waals surface area contributed by atoms with Crippen molar-refractivity contribution in [2.24, 2.45) is 0 Å². The average molecular weight is 392 g/mol. The summed E-state index contributed by atoms with van der Waals surface area (Å²) in [6.45, 7) is 0.0760. The van der Waals surface area contributed by atoms with Crippen LogP contribution in [0.1, 0.15) is 36.8 Å². The molecule has 0 fully saturated rings. The van der Waals surface area contributed by atoms with Gasteiger partial charge in [0.15, 0.2) is 0 Å². The molecule has 0 saturated heterocycles. The number of hydrogen-bond acceptors (Lipinski definition) is 5. The topological polar surface area (TPSA) is 79.5 Å². The van der Waals surface area contributed by atoms with Crippen LogP contribution in [0.3, 0.4) is 0 Å². The molecule has 7 heteroatoms. The fourth-order valence-electron chi connectivity index (χ4n) is 3.12. The lowest BCUT2D eigenvalue weighted by Crippen LogP contribution is -2.30. The van der Waals surface area contributed by atoms with Crippen molar-refractivity contribution >= 4 is 35.2 Å². The first-order valence-electron chi connectivity index (χ1n) is 8.56. The standard InChI is InChI=1S/C21H16N2O4S/c1-28-18-16-15(19(24)23(20(16)25)14-10-6-3-7-11-14)17(22-18)21(26)27-12-13-8-4-2-5-9-13/h2-11,22H,12H2,1H3. The van der Waals surface area contributed by atoms with Crippen LogP contribution in [0.25, 0.3) is 0 Å². The highest BCUT2D eigenvalue weighted by molar-refractivity contribution is 7.98. The lowest BCUT2D eigenvalue weighted by atomic mass is 10.2. The number of ether oxygens (including phenoxy) is 1. The zero-order valence-electron chi connectivity index (χ0n) is 15.0. The predicted octanol–water partition coefficient (Wildman–Crippen LogP) is 3.89. The van der Waals surface area contributed by atoms with E-state index in [1.807, 2.05) is 30.3 Å². The minimum Gasteiger partial charge on any atom is -0.456 e. The Bertz CT molecular complexity index is 1060. The number of esters is 1. The number of nitrogens with zero attached hydrogens (tertiary/aromatic N) is 1. The van der Waals surface area contributed by atoms with Gasteiger partial charge in [0, 0.05) is 0 Å². The molecule has 140 valence electrons. The molecular formula is C21H16N2O4S. The molecule has 2 amide bonds. The summed E-state index contributed by atoms with van der Waals surface area (Å²) in [5.41, 5.74) is 1.58. The van der Waals surface area contributed by atoms with Crippen molar-refractivity contribution in [3.63, 3.8) is 0 Å². The van der Waals surface area contributed by atoms with Gasteiger partial charge in [-0.05, 0) is 24.0 Å². The van der Waals surface area contributed by atoms with E-state index in [9.17, 15) is 14.4 Å². The fraction of sp³-hybridized carbons (Fsp3) is 0.0952. The third kappa shape index (κ3) is 2.99. The lowest BCUT2D eigenvalue weighted by molar-refractivity contribution is 0.0463. The SMILES string of the molecule is CSc1[nH]c(C(=O)OCc2ccccc2)c2c1C(=O)N(c1ccccc1)C2=O. The van der Waals surface area contributed by atoms with Crippen molar-refractivity contribution in [3.8, 4) is 0 Å². The van der Waals surface area contributed by atoms with Gasteiger partial charge < -0.3 is 9.72 Å². The molecule has 0 aliphatic carbocycles. The molecule has 1 aliphatic rings. The van der Waals surface area contributed by atoms with Gasteiger partial charge in [0.1, 0.15) is 12.3 Å². The number of hydrogen-bond donors (Lipinski definition) is 1. The number of carbonyl (C=O) groups is 3. The highest BCUT2D eigenvalue weighted by atomic mass is 32.2. The van der Waals surface area contributed by atoms with Crippen molar-refractivity contribution in [2.75, 3.05) is 11.2 Å². The van der Waals surface area contributed by atoms with E-state index in [1.165, 1.54) is 11.8 Å². The number of rotatable bonds is 5. The maximum atomic E-state index is 13.0. The second-order valence-corrected chi connectivity index (χ2v) is 6.94. The van der Waals surface area contributed by atoms with Gasteiger partial charge in [-0.1, -0.05) is 48.5 Å². The van der Waals surface area contributed by atoms with Crippen molar-refractivity contribution in [1.29, 1.82) is 0 Å². The van der Waals surface area contributed by atoms with E-state index >= 15 is 0 Å². The maximum Gasteiger partial charge on any atom is 0.355 e. The largest absolute Gasteiger partial charge is 0.456 e. The van der Waals surface area contributed by atoms with Crippen molar-refractivity contribution in [2.45, 2.75) is 11.6 Å². The fourth-order valence-corrected chi connectivity index (χ4v) is 3.72. The summed E-state index contributed by atoms with van der Waals surface area (Å²) in [6.07, 6.45) is 1.77. The maximum absolute atomic E-state index is 13.0. The van der Waals surface area contributed by atoms with E-state index in [2.05, 4.69) is 4.98 Å². The molecule has 0 spiro atoms. The Morgan fingerprint density at radius 3 is 2.21 bits per heavy atom. The Balaban J connectivity index is 1.67. The number of nitrogens with one attached hydrogen (secondary N) is 1. The lowest BCUT2D eigenvalue weighted by Gasteiger charge is -2.14. The second kappa shape index (κ2) is 7.36. The molecule has 1 N–H and O–H groups in total. The first-order valence-corrected chi connectivity index (χ1v) is 9.79. The molecule has 2 aromatic carbocycles. The van der Waals surface area contributed by atoms with E-state index < -0.39 is 17.8 Å². The Hall–Kier alpha value is -3.32. The molecule has 0 bridgehead atoms. The number of thioether (sulfide) groups is 1. The molecule has 28 heavy (non-hydrogen) atoms. The number of benzene rings is 2. The number of fused-ring (bicyclic) bond motifs is 1. The van der Waals surface area contributed by atoms with Crippen LogP contribution < -0.4 is 4.90 Å². The molecule has 3 aromatic rings. The summed E-state index contributed by atoms with van der Waals surface area (Å²) in [4.78, 5) is 42.6. The van der Waals surface area contributed by atoms with Crippen molar-refractivity contribution in [3.05, 3.63) is 83.0 Å². The van der Waals surface area contributed by atoms with Gasteiger partial charge in [0.2, 0.25) is 0 Å². The van der Waals surface area contributed by atoms with E-state index in [0.717, 1.165) is 10.5 Å². The van der Waals surface area contributed by atoms with Gasteiger partial charge >= 0.3 is 5.97 Å². The van der Waals surface area contributed by atoms with Crippen molar-refractivity contribution in [1.82, 2.24) is 4.98 Å². The first kappa shape index (κ1) is 18.1. The van der Waals surface area contributed by atoms with E-state index in [4.69, 9.17) is 4.74 Å². The van der Waals surface area contributed by atoms with Crippen LogP contribution in [-0.2, 0) is 11.3 Å². The minimum atomic E-state index is -0.670. The predicted molar refractivity (Wildman–Crippen MR) is 106 cm³/mol. The number of amides is 2. The van der Waals surface area contributed by atoms with E-state index in [-0.39, 0.29) is 23.4 Å². The zero-order valence-corrected chi connectivity index (χ0v) is 15.8. The normalized spacial score (nSPS) is 13.0. The summed E-state index contributed by atoms with van der Waals surface area (Å²) in [5.74, 6) is -1.65. The van der Waals surface area contributed by atoms with E-state index in [0.29, 0.717) is 10.7 Å². The molecule has 6 nitrogen and oxygen atoms in total. The summed E-state index contributed by atoms with van der Waals surface area (Å²) in [5, 5.41) is 0.471. The van der Waals surface area contributed by atoms with Crippen LogP contribution in [0, 0.1) is 0 Å². The quantitative estimate of drug-likeness (QED) is 0.405. The van der Waals surface area contributed by atoms with Gasteiger partial charge in [-0.15, -0.1) is 11.8 Å². The van der Waals surface area contributed by atoms with Gasteiger partial charge in [-0.2, -0.15) is 0 Å². The number of aromatic nitrogens is 1. The first-order chi connectivity index (χ1) is 13.6. The Morgan fingerprint density at radius 1 is 0.964 bits per heavy atom. The molecule has 0 saturated carbocycles. The number of para-hydroxylation sites is 1. The highest BCUT2D eigenvalue weighted by Crippen LogP contribution is 2.36. The molecule has 1 aromatic heterocycles. The van der Waals surface area contributed by atoms with Gasteiger partial charge in [-0.25, -0.2) is 9.69 Å². The average Bonchev–Trinajstić information content (AvgIpc) is 3.24. The Labute approximate surface area is 165 Å². The number of carbonyl (C=O) groups excluding carboxylic acids is 3. The minimum absolute atomic E-state index is 0.00654. The summed E-state index contributed by atoms with van der Waals surface area (Å²) < 4.78 is 5.36. The van der Waals surface area contributed by atoms with E-state index in [1.54, 1.807) is 36.6 Å². The van der Waals surface area contributed by atoms with Crippen LogP contribution >= 0.6 is 11.8 Å². The number of aromatic amines is 1. The number of anilines is 1. The molecule has 0 radical (unpaired) electrons. The molecule has 0 atom stereocenters. The third-order valence-electron chi connectivity index (χ3n) is 4.43. The van der Waals surface area contributed by atoms with Gasteiger partial charge in [0.25, 0.3) is 11.8 Å². The summed E-state index contributed by atoms with van der Waals surface area (Å²) >= 11 is 1.27. The molecular weight excluding hydrogens is 376 g/mol. The van der Waals surface area contributed by atoms with Gasteiger partial charge in [-0.3, -0.25) is 9.59 Å².